The Kier molecular flexibility index (Phi) is 4.64. The second-order valence-electron chi connectivity index (χ2n) is 4.57. The zero-order chi connectivity index (χ0) is 12.8. The maximum atomic E-state index is 11.9. The molecule has 1 N–H and O–H groups in total. The minimum absolute atomic E-state index is 0.00486. The first kappa shape index (κ1) is 13.0. The zero-order valence-corrected chi connectivity index (χ0v) is 10.7. The van der Waals surface area contributed by atoms with Crippen molar-refractivity contribution in [2.24, 2.45) is 0 Å². The van der Waals surface area contributed by atoms with Crippen molar-refractivity contribution in [1.29, 1.82) is 0 Å². The van der Waals surface area contributed by atoms with Crippen molar-refractivity contribution in [1.82, 2.24) is 10.2 Å². The lowest BCUT2D eigenvalue weighted by Crippen LogP contribution is -2.48. The number of hydrogen-bond acceptors (Lipinski definition) is 3. The highest BCUT2D eigenvalue weighted by Gasteiger charge is 2.18. The number of amides is 2. The standard InChI is InChI=1S/C13H20N2O3/c1-11(4-5-12-3-2-8-18-12)14-13(16)15-6-9-17-10-7-15/h2-3,8,11H,4-7,9-10H2,1H3,(H,14,16). The van der Waals surface area contributed by atoms with Crippen LogP contribution in [0.4, 0.5) is 4.79 Å². The molecule has 5 nitrogen and oxygen atoms in total. The lowest BCUT2D eigenvalue weighted by molar-refractivity contribution is 0.0525. The van der Waals surface area contributed by atoms with Gasteiger partial charge < -0.3 is 19.4 Å². The quantitative estimate of drug-likeness (QED) is 0.886. The van der Waals surface area contributed by atoms with Gasteiger partial charge in [-0.15, -0.1) is 0 Å². The number of hydrogen-bond donors (Lipinski definition) is 1. The summed E-state index contributed by atoms with van der Waals surface area (Å²) in [5.74, 6) is 0.961. The van der Waals surface area contributed by atoms with Crippen molar-refractivity contribution in [2.75, 3.05) is 26.3 Å². The first-order valence-corrected chi connectivity index (χ1v) is 6.41. The number of aryl methyl sites for hydroxylation is 1. The zero-order valence-electron chi connectivity index (χ0n) is 10.7. The van der Waals surface area contributed by atoms with Gasteiger partial charge in [0.25, 0.3) is 0 Å². The third-order valence-corrected chi connectivity index (χ3v) is 3.07. The second-order valence-corrected chi connectivity index (χ2v) is 4.57. The van der Waals surface area contributed by atoms with Crippen LogP contribution in [0, 0.1) is 0 Å². The highest BCUT2D eigenvalue weighted by molar-refractivity contribution is 5.74. The highest BCUT2D eigenvalue weighted by atomic mass is 16.5. The van der Waals surface area contributed by atoms with Gasteiger partial charge in [-0.3, -0.25) is 0 Å². The molecular weight excluding hydrogens is 232 g/mol. The Labute approximate surface area is 107 Å². The van der Waals surface area contributed by atoms with Gasteiger partial charge in [-0.05, 0) is 25.5 Å². The molecule has 1 unspecified atom stereocenters. The summed E-state index contributed by atoms with van der Waals surface area (Å²) in [5, 5.41) is 3.00. The van der Waals surface area contributed by atoms with Crippen LogP contribution >= 0.6 is 0 Å². The van der Waals surface area contributed by atoms with E-state index in [0.29, 0.717) is 26.3 Å². The fourth-order valence-corrected chi connectivity index (χ4v) is 1.95. The smallest absolute Gasteiger partial charge is 0.317 e. The average molecular weight is 252 g/mol. The maximum absolute atomic E-state index is 11.9. The van der Waals surface area contributed by atoms with Crippen molar-refractivity contribution in [2.45, 2.75) is 25.8 Å². The van der Waals surface area contributed by atoms with E-state index < -0.39 is 0 Å². The Morgan fingerprint density at radius 1 is 1.50 bits per heavy atom. The lowest BCUT2D eigenvalue weighted by Gasteiger charge is -2.28. The number of carbonyl (C=O) groups excluding carboxylic acids is 1. The summed E-state index contributed by atoms with van der Waals surface area (Å²) in [6.07, 6.45) is 3.40. The first-order chi connectivity index (χ1) is 8.75. The molecule has 1 saturated heterocycles. The molecule has 2 rings (SSSR count). The third kappa shape index (κ3) is 3.77. The van der Waals surface area contributed by atoms with Crippen LogP contribution in [0.1, 0.15) is 19.1 Å². The minimum Gasteiger partial charge on any atom is -0.469 e. The van der Waals surface area contributed by atoms with Gasteiger partial charge in [0.15, 0.2) is 0 Å². The Morgan fingerprint density at radius 3 is 2.94 bits per heavy atom. The summed E-state index contributed by atoms with van der Waals surface area (Å²) in [7, 11) is 0. The van der Waals surface area contributed by atoms with E-state index in [1.807, 2.05) is 19.1 Å². The van der Waals surface area contributed by atoms with Gasteiger partial charge in [-0.25, -0.2) is 4.79 Å². The molecule has 0 spiro atoms. The fourth-order valence-electron chi connectivity index (χ4n) is 1.95. The van der Waals surface area contributed by atoms with E-state index in [1.54, 1.807) is 11.2 Å². The number of urea groups is 1. The van der Waals surface area contributed by atoms with Gasteiger partial charge in [-0.2, -0.15) is 0 Å². The van der Waals surface area contributed by atoms with Crippen LogP contribution in [-0.2, 0) is 11.2 Å². The molecular formula is C13H20N2O3. The molecule has 0 aliphatic carbocycles. The summed E-state index contributed by atoms with van der Waals surface area (Å²) in [6, 6.07) is 3.98. The van der Waals surface area contributed by atoms with Crippen LogP contribution in [0.2, 0.25) is 0 Å². The van der Waals surface area contributed by atoms with E-state index in [-0.39, 0.29) is 12.1 Å². The van der Waals surface area contributed by atoms with E-state index in [0.717, 1.165) is 18.6 Å². The summed E-state index contributed by atoms with van der Waals surface area (Å²) in [4.78, 5) is 13.7. The summed E-state index contributed by atoms with van der Waals surface area (Å²) in [5.41, 5.74) is 0. The second kappa shape index (κ2) is 6.44. The molecule has 100 valence electrons. The lowest BCUT2D eigenvalue weighted by atomic mass is 10.1. The van der Waals surface area contributed by atoms with Crippen molar-refractivity contribution in [3.8, 4) is 0 Å². The van der Waals surface area contributed by atoms with Gasteiger partial charge in [-0.1, -0.05) is 0 Å². The van der Waals surface area contributed by atoms with Gasteiger partial charge in [0.05, 0.1) is 19.5 Å². The van der Waals surface area contributed by atoms with Crippen LogP contribution in [-0.4, -0.2) is 43.3 Å². The van der Waals surface area contributed by atoms with E-state index in [4.69, 9.17) is 9.15 Å². The van der Waals surface area contributed by atoms with Gasteiger partial charge in [0.2, 0.25) is 0 Å². The third-order valence-electron chi connectivity index (χ3n) is 3.07. The summed E-state index contributed by atoms with van der Waals surface area (Å²) >= 11 is 0. The number of furan rings is 1. The topological polar surface area (TPSA) is 54.7 Å². The first-order valence-electron chi connectivity index (χ1n) is 6.41. The van der Waals surface area contributed by atoms with Crippen molar-refractivity contribution < 1.29 is 13.9 Å². The molecule has 0 radical (unpaired) electrons. The number of carbonyl (C=O) groups is 1. The normalized spacial score (nSPS) is 17.5. The highest BCUT2D eigenvalue weighted by Crippen LogP contribution is 2.06. The molecule has 0 aromatic carbocycles. The summed E-state index contributed by atoms with van der Waals surface area (Å²) < 4.78 is 10.5. The van der Waals surface area contributed by atoms with Gasteiger partial charge in [0.1, 0.15) is 5.76 Å². The fraction of sp³-hybridized carbons (Fsp3) is 0.615. The Bertz CT molecular complexity index is 358. The molecule has 1 aliphatic rings. The largest absolute Gasteiger partial charge is 0.469 e. The number of rotatable bonds is 4. The van der Waals surface area contributed by atoms with Crippen molar-refractivity contribution >= 4 is 6.03 Å². The number of nitrogens with one attached hydrogen (secondary N) is 1. The maximum Gasteiger partial charge on any atom is 0.317 e. The van der Waals surface area contributed by atoms with Crippen LogP contribution in [0.15, 0.2) is 22.8 Å². The number of morpholine rings is 1. The molecule has 1 aromatic rings. The van der Waals surface area contributed by atoms with Gasteiger partial charge in [0, 0.05) is 25.6 Å². The van der Waals surface area contributed by atoms with Crippen LogP contribution < -0.4 is 5.32 Å². The molecule has 0 saturated carbocycles. The molecule has 1 fully saturated rings. The molecule has 18 heavy (non-hydrogen) atoms. The van der Waals surface area contributed by atoms with Crippen LogP contribution in [0.3, 0.4) is 0 Å². The Hall–Kier alpha value is -1.49. The van der Waals surface area contributed by atoms with Crippen molar-refractivity contribution in [3.63, 3.8) is 0 Å². The molecule has 0 bridgehead atoms. The van der Waals surface area contributed by atoms with E-state index in [9.17, 15) is 4.79 Å². The Balaban J connectivity index is 1.69. The Morgan fingerprint density at radius 2 is 2.28 bits per heavy atom. The molecule has 1 aliphatic heterocycles. The predicted octanol–water partition coefficient (Wildman–Crippen LogP) is 1.64. The molecule has 5 heteroatoms. The van der Waals surface area contributed by atoms with Gasteiger partial charge >= 0.3 is 6.03 Å². The van der Waals surface area contributed by atoms with E-state index in [1.165, 1.54) is 0 Å². The minimum atomic E-state index is 0.00486. The predicted molar refractivity (Wildman–Crippen MR) is 67.4 cm³/mol. The average Bonchev–Trinajstić information content (AvgIpc) is 2.90. The van der Waals surface area contributed by atoms with Crippen LogP contribution in [0.5, 0.6) is 0 Å². The van der Waals surface area contributed by atoms with E-state index >= 15 is 0 Å². The number of ether oxygens (including phenoxy) is 1. The van der Waals surface area contributed by atoms with E-state index in [2.05, 4.69) is 5.32 Å². The van der Waals surface area contributed by atoms with Crippen molar-refractivity contribution in [3.05, 3.63) is 24.2 Å². The molecule has 2 amide bonds. The molecule has 1 atom stereocenters. The number of nitrogens with zero attached hydrogens (tertiary/aromatic N) is 1. The van der Waals surface area contributed by atoms with Crippen LogP contribution in [0.25, 0.3) is 0 Å². The molecule has 2 heterocycles. The molecule has 1 aromatic heterocycles. The summed E-state index contributed by atoms with van der Waals surface area (Å²) in [6.45, 7) is 4.64. The SMILES string of the molecule is CC(CCc1ccco1)NC(=O)N1CCOCC1. The monoisotopic (exact) mass is 252 g/mol.